The van der Waals surface area contributed by atoms with Crippen LogP contribution in [0.3, 0.4) is 0 Å². The third kappa shape index (κ3) is 3.29. The van der Waals surface area contributed by atoms with E-state index in [1.54, 1.807) is 18.2 Å². The number of carbonyl (C=O) groups excluding carboxylic acids is 1. The maximum Gasteiger partial charge on any atom is 0.223 e. The summed E-state index contributed by atoms with van der Waals surface area (Å²) in [6, 6.07) is 6.85. The van der Waals surface area contributed by atoms with E-state index in [1.807, 2.05) is 6.07 Å². The second kappa shape index (κ2) is 6.56. The highest BCUT2D eigenvalue weighted by molar-refractivity contribution is 7.91. The van der Waals surface area contributed by atoms with Crippen LogP contribution >= 0.6 is 12.4 Å². The number of amides is 1. The Balaban J connectivity index is 0.00000176. The molecule has 2 N–H and O–H groups in total. The first-order valence-corrected chi connectivity index (χ1v) is 8.98. The van der Waals surface area contributed by atoms with Crippen molar-refractivity contribution in [3.05, 3.63) is 29.8 Å². The van der Waals surface area contributed by atoms with E-state index in [0.29, 0.717) is 16.5 Å². The maximum atomic E-state index is 12.4. The van der Waals surface area contributed by atoms with Gasteiger partial charge in [-0.05, 0) is 37.9 Å². The zero-order chi connectivity index (χ0) is 15.0. The highest BCUT2D eigenvalue weighted by Gasteiger charge is 2.36. The Morgan fingerprint density at radius 2 is 2.05 bits per heavy atom. The third-order valence-corrected chi connectivity index (χ3v) is 6.14. The Morgan fingerprint density at radius 3 is 2.77 bits per heavy atom. The Hall–Kier alpha value is -1.11. The minimum atomic E-state index is -3.27. The van der Waals surface area contributed by atoms with Crippen molar-refractivity contribution < 1.29 is 13.2 Å². The number of sulfone groups is 1. The number of hydrogen-bond acceptors (Lipinski definition) is 4. The summed E-state index contributed by atoms with van der Waals surface area (Å²) < 4.78 is 24.2. The molecule has 0 saturated carbocycles. The van der Waals surface area contributed by atoms with Crippen LogP contribution in [0.15, 0.2) is 29.2 Å². The van der Waals surface area contributed by atoms with Crippen molar-refractivity contribution in [1.82, 2.24) is 10.6 Å². The molecule has 0 spiro atoms. The zero-order valence-corrected chi connectivity index (χ0v) is 14.0. The van der Waals surface area contributed by atoms with Gasteiger partial charge in [0.2, 0.25) is 5.91 Å². The fraction of sp³-hybridized carbons (Fsp3) is 0.533. The standard InChI is InChI=1S/C15H20N2O3S.ClH/c1-10-8-11(6-7-16-10)15(18)17-13-9-21(19,20)14-5-3-2-4-12(13)14;/h2-5,10-11,13,16H,6-9H2,1H3,(H,17,18);1H/t10-,11-,13?;/m0./s1. The van der Waals surface area contributed by atoms with E-state index in [-0.39, 0.29) is 30.0 Å². The minimum Gasteiger partial charge on any atom is -0.348 e. The number of piperidine rings is 1. The molecule has 1 unspecified atom stereocenters. The van der Waals surface area contributed by atoms with Gasteiger partial charge in [0.25, 0.3) is 0 Å². The molecule has 0 bridgehead atoms. The normalized spacial score (nSPS) is 29.2. The molecule has 3 rings (SSSR count). The highest BCUT2D eigenvalue weighted by Crippen LogP contribution is 2.33. The predicted molar refractivity (Wildman–Crippen MR) is 86.8 cm³/mol. The fourth-order valence-corrected chi connectivity index (χ4v) is 4.97. The van der Waals surface area contributed by atoms with E-state index in [2.05, 4.69) is 17.6 Å². The third-order valence-electron chi connectivity index (χ3n) is 4.33. The lowest BCUT2D eigenvalue weighted by molar-refractivity contribution is -0.126. The Kier molecular flexibility index (Phi) is 5.14. The van der Waals surface area contributed by atoms with Gasteiger partial charge in [0.15, 0.2) is 9.84 Å². The van der Waals surface area contributed by atoms with Gasteiger partial charge in [0.1, 0.15) is 0 Å². The van der Waals surface area contributed by atoms with E-state index in [0.717, 1.165) is 19.4 Å². The summed E-state index contributed by atoms with van der Waals surface area (Å²) in [6.45, 7) is 2.90. The summed E-state index contributed by atoms with van der Waals surface area (Å²) in [4.78, 5) is 12.7. The first-order chi connectivity index (χ1) is 9.97. The van der Waals surface area contributed by atoms with E-state index in [4.69, 9.17) is 0 Å². The Bertz CT molecular complexity index is 663. The van der Waals surface area contributed by atoms with Crippen LogP contribution < -0.4 is 10.6 Å². The molecule has 3 atom stereocenters. The van der Waals surface area contributed by atoms with Gasteiger partial charge in [0, 0.05) is 12.0 Å². The highest BCUT2D eigenvalue weighted by atomic mass is 35.5. The molecule has 1 fully saturated rings. The molecule has 1 aromatic carbocycles. The SMILES string of the molecule is C[C@H]1C[C@@H](C(=O)NC2CS(=O)(=O)c3ccccc32)CCN1.Cl. The molecule has 1 amide bonds. The summed E-state index contributed by atoms with van der Waals surface area (Å²) in [7, 11) is -3.27. The number of rotatable bonds is 2. The smallest absolute Gasteiger partial charge is 0.223 e. The number of benzene rings is 1. The summed E-state index contributed by atoms with van der Waals surface area (Å²) in [6.07, 6.45) is 1.60. The molecule has 22 heavy (non-hydrogen) atoms. The molecule has 1 aromatic rings. The Morgan fingerprint density at radius 1 is 1.32 bits per heavy atom. The number of halogens is 1. The van der Waals surface area contributed by atoms with E-state index >= 15 is 0 Å². The quantitative estimate of drug-likeness (QED) is 0.851. The molecular formula is C15H21ClN2O3S. The van der Waals surface area contributed by atoms with Gasteiger partial charge in [0.05, 0.1) is 16.7 Å². The molecule has 0 aromatic heterocycles. The van der Waals surface area contributed by atoms with E-state index < -0.39 is 15.9 Å². The van der Waals surface area contributed by atoms with Gasteiger partial charge < -0.3 is 10.6 Å². The Labute approximate surface area is 137 Å². The molecule has 122 valence electrons. The molecule has 0 radical (unpaired) electrons. The van der Waals surface area contributed by atoms with Gasteiger partial charge in [-0.15, -0.1) is 12.4 Å². The molecule has 5 nitrogen and oxygen atoms in total. The van der Waals surface area contributed by atoms with E-state index in [9.17, 15) is 13.2 Å². The average Bonchev–Trinajstić information content (AvgIpc) is 2.71. The minimum absolute atomic E-state index is 0. The topological polar surface area (TPSA) is 75.3 Å². The number of carbonyl (C=O) groups is 1. The lowest BCUT2D eigenvalue weighted by atomic mass is 9.92. The van der Waals surface area contributed by atoms with Crippen molar-refractivity contribution in [2.75, 3.05) is 12.3 Å². The second-order valence-corrected chi connectivity index (χ2v) is 7.96. The monoisotopic (exact) mass is 344 g/mol. The molecule has 1 saturated heterocycles. The van der Waals surface area contributed by atoms with Gasteiger partial charge >= 0.3 is 0 Å². The fourth-order valence-electron chi connectivity index (χ4n) is 3.23. The van der Waals surface area contributed by atoms with Gasteiger partial charge in [-0.3, -0.25) is 4.79 Å². The predicted octanol–water partition coefficient (Wildman–Crippen LogP) is 1.44. The summed E-state index contributed by atoms with van der Waals surface area (Å²) >= 11 is 0. The van der Waals surface area contributed by atoms with Gasteiger partial charge in [-0.2, -0.15) is 0 Å². The number of hydrogen-bond donors (Lipinski definition) is 2. The van der Waals surface area contributed by atoms with Crippen LogP contribution in [0.1, 0.15) is 31.4 Å². The van der Waals surface area contributed by atoms with Crippen LogP contribution in [0.2, 0.25) is 0 Å². The molecular weight excluding hydrogens is 324 g/mol. The van der Waals surface area contributed by atoms with Crippen molar-refractivity contribution in [2.45, 2.75) is 36.7 Å². The molecule has 7 heteroatoms. The zero-order valence-electron chi connectivity index (χ0n) is 12.4. The molecule has 2 aliphatic heterocycles. The van der Waals surface area contributed by atoms with Crippen LogP contribution in [0, 0.1) is 5.92 Å². The largest absolute Gasteiger partial charge is 0.348 e. The molecule has 2 aliphatic rings. The number of fused-ring (bicyclic) bond motifs is 1. The van der Waals surface area contributed by atoms with Crippen LogP contribution in [0.5, 0.6) is 0 Å². The average molecular weight is 345 g/mol. The van der Waals surface area contributed by atoms with Crippen molar-refractivity contribution in [3.63, 3.8) is 0 Å². The van der Waals surface area contributed by atoms with Crippen LogP contribution in [0.25, 0.3) is 0 Å². The van der Waals surface area contributed by atoms with Crippen molar-refractivity contribution in [1.29, 1.82) is 0 Å². The summed E-state index contributed by atoms with van der Waals surface area (Å²) in [5.41, 5.74) is 0.716. The molecule has 2 heterocycles. The lowest BCUT2D eigenvalue weighted by Gasteiger charge is -2.28. The van der Waals surface area contributed by atoms with Crippen molar-refractivity contribution in [2.24, 2.45) is 5.92 Å². The maximum absolute atomic E-state index is 12.4. The summed E-state index contributed by atoms with van der Waals surface area (Å²) in [5, 5.41) is 6.25. The number of nitrogens with one attached hydrogen (secondary N) is 2. The van der Waals surface area contributed by atoms with Crippen LogP contribution in [0.4, 0.5) is 0 Å². The van der Waals surface area contributed by atoms with Crippen LogP contribution in [-0.2, 0) is 14.6 Å². The van der Waals surface area contributed by atoms with E-state index in [1.165, 1.54) is 0 Å². The molecule has 0 aliphatic carbocycles. The van der Waals surface area contributed by atoms with Crippen LogP contribution in [-0.4, -0.2) is 32.7 Å². The van der Waals surface area contributed by atoms with Crippen molar-refractivity contribution in [3.8, 4) is 0 Å². The first-order valence-electron chi connectivity index (χ1n) is 7.33. The first kappa shape index (κ1) is 17.2. The van der Waals surface area contributed by atoms with Gasteiger partial charge in [-0.25, -0.2) is 8.42 Å². The second-order valence-electron chi connectivity index (χ2n) is 5.96. The summed E-state index contributed by atoms with van der Waals surface area (Å²) in [5.74, 6) is -0.0875. The van der Waals surface area contributed by atoms with Crippen molar-refractivity contribution >= 4 is 28.2 Å². The lowest BCUT2D eigenvalue weighted by Crippen LogP contribution is -2.43. The van der Waals surface area contributed by atoms with Gasteiger partial charge in [-0.1, -0.05) is 18.2 Å².